The van der Waals surface area contributed by atoms with Crippen LogP contribution in [0, 0.1) is 0 Å². The van der Waals surface area contributed by atoms with Gasteiger partial charge in [0.25, 0.3) is 4.51 Å². The van der Waals surface area contributed by atoms with Crippen LogP contribution in [0.1, 0.15) is 19.4 Å². The molecular weight excluding hydrogens is 234 g/mol. The maximum atomic E-state index is 5.41. The molecule has 0 bridgehead atoms. The lowest BCUT2D eigenvalue weighted by Gasteiger charge is -2.22. The fourth-order valence-corrected chi connectivity index (χ4v) is 1.16. The fraction of sp³-hybridized carbons (Fsp3) is 0.400. The maximum absolute atomic E-state index is 5.41. The van der Waals surface area contributed by atoms with E-state index in [1.54, 1.807) is 19.4 Å². The molecule has 1 aromatic rings. The summed E-state index contributed by atoms with van der Waals surface area (Å²) >= 11 is 10.00. The highest BCUT2D eigenvalue weighted by atomic mass is 35.5. The van der Waals surface area contributed by atoms with Crippen LogP contribution in [0.3, 0.4) is 0 Å². The van der Waals surface area contributed by atoms with Gasteiger partial charge in [0, 0.05) is 24.9 Å². The molecule has 5 heteroatoms. The van der Waals surface area contributed by atoms with E-state index in [0.717, 1.165) is 5.56 Å². The molecule has 0 N–H and O–H groups in total. The molecule has 0 unspecified atom stereocenters. The zero-order valence-electron chi connectivity index (χ0n) is 8.78. The summed E-state index contributed by atoms with van der Waals surface area (Å²) in [5.41, 5.74) is 0.588. The molecular formula is C10H12ClNO2S. The maximum Gasteiger partial charge on any atom is 0.262 e. The molecule has 0 radical (unpaired) electrons. The number of rotatable bonds is 3. The average molecular weight is 246 g/mol. The highest BCUT2D eigenvalue weighted by Crippen LogP contribution is 2.24. The lowest BCUT2D eigenvalue weighted by atomic mass is 10.0. The molecule has 0 saturated carbocycles. The second-order valence-electron chi connectivity index (χ2n) is 3.44. The van der Waals surface area contributed by atoms with Crippen molar-refractivity contribution in [3.63, 3.8) is 0 Å². The molecule has 0 spiro atoms. The van der Waals surface area contributed by atoms with Crippen LogP contribution in [0.4, 0.5) is 0 Å². The molecule has 0 aliphatic carbocycles. The minimum Gasteiger partial charge on any atom is -0.417 e. The van der Waals surface area contributed by atoms with E-state index in [2.05, 4.69) is 17.2 Å². The van der Waals surface area contributed by atoms with Crippen LogP contribution in [0.25, 0.3) is 0 Å². The number of ether oxygens (including phenoxy) is 2. The first-order valence-electron chi connectivity index (χ1n) is 4.34. The van der Waals surface area contributed by atoms with Gasteiger partial charge in [-0.05, 0) is 43.7 Å². The molecule has 1 heterocycles. The van der Waals surface area contributed by atoms with Crippen LogP contribution < -0.4 is 4.74 Å². The van der Waals surface area contributed by atoms with Gasteiger partial charge in [-0.1, -0.05) is 0 Å². The molecule has 3 nitrogen and oxygen atoms in total. The summed E-state index contributed by atoms with van der Waals surface area (Å²) in [4.78, 5) is 4.06. The van der Waals surface area contributed by atoms with Gasteiger partial charge in [-0.15, -0.1) is 0 Å². The number of nitrogens with zero attached hydrogens (tertiary/aromatic N) is 1. The average Bonchev–Trinajstić information content (AvgIpc) is 2.18. The van der Waals surface area contributed by atoms with E-state index in [1.807, 2.05) is 19.9 Å². The summed E-state index contributed by atoms with van der Waals surface area (Å²) in [6.45, 7) is 3.91. The standard InChI is InChI=1S/C10H12ClNO2S/c1-10(2,13-3)7-4-5-8(12-6-7)14-9(11)15/h4-6H,1-3H3. The van der Waals surface area contributed by atoms with Gasteiger partial charge in [0.1, 0.15) is 0 Å². The molecule has 0 atom stereocenters. The molecule has 0 saturated heterocycles. The monoisotopic (exact) mass is 245 g/mol. The SMILES string of the molecule is COC(C)(C)c1ccc(OC(=S)Cl)nc1. The Kier molecular flexibility index (Phi) is 4.02. The van der Waals surface area contributed by atoms with Gasteiger partial charge in [-0.25, -0.2) is 4.98 Å². The quantitative estimate of drug-likeness (QED) is 0.605. The van der Waals surface area contributed by atoms with Gasteiger partial charge in [0.05, 0.1) is 5.60 Å². The van der Waals surface area contributed by atoms with Gasteiger partial charge in [-0.2, -0.15) is 0 Å². The highest BCUT2D eigenvalue weighted by Gasteiger charge is 2.19. The normalized spacial score (nSPS) is 11.2. The molecule has 0 aliphatic heterocycles. The van der Waals surface area contributed by atoms with E-state index in [4.69, 9.17) is 21.1 Å². The van der Waals surface area contributed by atoms with Crippen LogP contribution in [-0.2, 0) is 10.3 Å². The Labute approximate surface area is 99.4 Å². The first kappa shape index (κ1) is 12.4. The summed E-state index contributed by atoms with van der Waals surface area (Å²) in [6.07, 6.45) is 1.67. The van der Waals surface area contributed by atoms with Crippen molar-refractivity contribution in [2.45, 2.75) is 19.4 Å². The summed E-state index contributed by atoms with van der Waals surface area (Å²) < 4.78 is 10.2. The molecule has 0 aromatic carbocycles. The van der Waals surface area contributed by atoms with Crippen molar-refractivity contribution in [3.05, 3.63) is 23.9 Å². The third-order valence-corrected chi connectivity index (χ3v) is 2.29. The van der Waals surface area contributed by atoms with Crippen molar-refractivity contribution in [2.75, 3.05) is 7.11 Å². The molecule has 0 amide bonds. The van der Waals surface area contributed by atoms with Crippen molar-refractivity contribution in [1.82, 2.24) is 4.98 Å². The van der Waals surface area contributed by atoms with E-state index in [0.29, 0.717) is 5.88 Å². The molecule has 82 valence electrons. The van der Waals surface area contributed by atoms with E-state index >= 15 is 0 Å². The summed E-state index contributed by atoms with van der Waals surface area (Å²) in [5.74, 6) is 0.380. The van der Waals surface area contributed by atoms with E-state index in [-0.39, 0.29) is 10.1 Å². The summed E-state index contributed by atoms with van der Waals surface area (Å²) in [7, 11) is 1.65. The number of pyridine rings is 1. The number of thiocarbonyl (C=S) groups is 1. The Morgan fingerprint density at radius 2 is 2.13 bits per heavy atom. The van der Waals surface area contributed by atoms with Crippen LogP contribution >= 0.6 is 23.8 Å². The van der Waals surface area contributed by atoms with Crippen molar-refractivity contribution >= 4 is 28.3 Å². The van der Waals surface area contributed by atoms with Crippen LogP contribution in [0.15, 0.2) is 18.3 Å². The lowest BCUT2D eigenvalue weighted by Crippen LogP contribution is -2.19. The van der Waals surface area contributed by atoms with Crippen molar-refractivity contribution in [1.29, 1.82) is 0 Å². The number of hydrogen-bond acceptors (Lipinski definition) is 4. The van der Waals surface area contributed by atoms with Gasteiger partial charge in [0.15, 0.2) is 0 Å². The predicted molar refractivity (Wildman–Crippen MR) is 63.4 cm³/mol. The smallest absolute Gasteiger partial charge is 0.262 e. The molecule has 15 heavy (non-hydrogen) atoms. The second kappa shape index (κ2) is 4.88. The van der Waals surface area contributed by atoms with Gasteiger partial charge in [0.2, 0.25) is 5.88 Å². The first-order chi connectivity index (χ1) is 6.95. The molecule has 1 aromatic heterocycles. The Morgan fingerprint density at radius 3 is 2.53 bits per heavy atom. The van der Waals surface area contributed by atoms with Crippen molar-refractivity contribution in [3.8, 4) is 5.88 Å². The Morgan fingerprint density at radius 1 is 1.47 bits per heavy atom. The van der Waals surface area contributed by atoms with Crippen molar-refractivity contribution < 1.29 is 9.47 Å². The number of methoxy groups -OCH3 is 1. The Hall–Kier alpha value is -0.710. The minimum atomic E-state index is -0.368. The second-order valence-corrected chi connectivity index (χ2v) is 4.38. The van der Waals surface area contributed by atoms with E-state index in [9.17, 15) is 0 Å². The Balaban J connectivity index is 2.85. The number of aromatic nitrogens is 1. The minimum absolute atomic E-state index is 0.0683. The van der Waals surface area contributed by atoms with E-state index in [1.165, 1.54) is 0 Å². The molecule has 0 fully saturated rings. The lowest BCUT2D eigenvalue weighted by molar-refractivity contribution is 0.0189. The third kappa shape index (κ3) is 3.41. The van der Waals surface area contributed by atoms with Crippen LogP contribution in [0.5, 0.6) is 5.88 Å². The largest absolute Gasteiger partial charge is 0.417 e. The first-order valence-corrected chi connectivity index (χ1v) is 5.13. The molecule has 1 rings (SSSR count). The molecule has 0 aliphatic rings. The predicted octanol–water partition coefficient (Wildman–Crippen LogP) is 2.87. The number of hydrogen-bond donors (Lipinski definition) is 0. The zero-order valence-corrected chi connectivity index (χ0v) is 10.4. The van der Waals surface area contributed by atoms with Crippen LogP contribution in [0.2, 0.25) is 0 Å². The summed E-state index contributed by atoms with van der Waals surface area (Å²) in [5, 5.41) is 0. The van der Waals surface area contributed by atoms with Gasteiger partial charge in [-0.3, -0.25) is 0 Å². The van der Waals surface area contributed by atoms with Gasteiger partial charge >= 0.3 is 0 Å². The number of halogens is 1. The third-order valence-electron chi connectivity index (χ3n) is 2.13. The topological polar surface area (TPSA) is 31.4 Å². The van der Waals surface area contributed by atoms with Crippen molar-refractivity contribution in [2.24, 2.45) is 0 Å². The summed E-state index contributed by atoms with van der Waals surface area (Å²) in [6, 6.07) is 3.56. The van der Waals surface area contributed by atoms with Crippen LogP contribution in [-0.4, -0.2) is 16.6 Å². The fourth-order valence-electron chi connectivity index (χ4n) is 0.997. The van der Waals surface area contributed by atoms with Gasteiger partial charge < -0.3 is 9.47 Å². The van der Waals surface area contributed by atoms with E-state index < -0.39 is 0 Å². The zero-order chi connectivity index (χ0) is 11.5. The highest BCUT2D eigenvalue weighted by molar-refractivity contribution is 7.82. The Bertz CT molecular complexity index is 351.